The summed E-state index contributed by atoms with van der Waals surface area (Å²) in [5, 5.41) is 3.76. The number of nitrogens with one attached hydrogen (secondary N) is 1. The summed E-state index contributed by atoms with van der Waals surface area (Å²) < 4.78 is 20.0. The SMILES string of the molecule is O=C(Nc1ccccc1F)N(CCc1ccc(Cl)cc1Cl)Cc1ccc(OCc2ccccc2)cc1. The van der Waals surface area contributed by atoms with E-state index in [9.17, 15) is 9.18 Å². The van der Waals surface area contributed by atoms with Crippen LogP contribution in [0, 0.1) is 5.82 Å². The molecule has 36 heavy (non-hydrogen) atoms. The molecule has 0 atom stereocenters. The first-order chi connectivity index (χ1) is 17.5. The summed E-state index contributed by atoms with van der Waals surface area (Å²) in [6.07, 6.45) is 0.513. The van der Waals surface area contributed by atoms with E-state index in [1.54, 1.807) is 29.2 Å². The van der Waals surface area contributed by atoms with Crippen LogP contribution in [0.3, 0.4) is 0 Å². The predicted octanol–water partition coefficient (Wildman–Crippen LogP) is 7.99. The van der Waals surface area contributed by atoms with Crippen molar-refractivity contribution in [2.24, 2.45) is 0 Å². The largest absolute Gasteiger partial charge is 0.489 e. The highest BCUT2D eigenvalue weighted by atomic mass is 35.5. The van der Waals surface area contributed by atoms with Crippen molar-refractivity contribution in [2.75, 3.05) is 11.9 Å². The molecule has 4 aromatic carbocycles. The first-order valence-corrected chi connectivity index (χ1v) is 12.2. The Labute approximate surface area is 220 Å². The van der Waals surface area contributed by atoms with Crippen molar-refractivity contribution in [3.8, 4) is 5.75 Å². The molecular weight excluding hydrogens is 498 g/mol. The Balaban J connectivity index is 1.45. The fourth-order valence-electron chi connectivity index (χ4n) is 3.64. The van der Waals surface area contributed by atoms with E-state index in [2.05, 4.69) is 5.32 Å². The van der Waals surface area contributed by atoms with E-state index in [1.165, 1.54) is 12.1 Å². The zero-order valence-corrected chi connectivity index (χ0v) is 21.0. The fraction of sp³-hybridized carbons (Fsp3) is 0.138. The van der Waals surface area contributed by atoms with Gasteiger partial charge in [-0.15, -0.1) is 0 Å². The predicted molar refractivity (Wildman–Crippen MR) is 143 cm³/mol. The third kappa shape index (κ3) is 7.23. The van der Waals surface area contributed by atoms with Crippen molar-refractivity contribution < 1.29 is 13.9 Å². The third-order valence-corrected chi connectivity index (χ3v) is 6.20. The zero-order valence-electron chi connectivity index (χ0n) is 19.5. The Morgan fingerprint density at radius 2 is 1.58 bits per heavy atom. The number of amides is 2. The minimum atomic E-state index is -0.494. The van der Waals surface area contributed by atoms with Crippen LogP contribution in [0.15, 0.2) is 97.1 Å². The highest BCUT2D eigenvalue weighted by Crippen LogP contribution is 2.23. The number of rotatable bonds is 9. The van der Waals surface area contributed by atoms with Gasteiger partial charge in [-0.3, -0.25) is 0 Å². The van der Waals surface area contributed by atoms with E-state index >= 15 is 0 Å². The van der Waals surface area contributed by atoms with Gasteiger partial charge in [0.15, 0.2) is 0 Å². The van der Waals surface area contributed by atoms with Gasteiger partial charge in [0.2, 0.25) is 0 Å². The number of anilines is 1. The normalized spacial score (nSPS) is 10.6. The van der Waals surface area contributed by atoms with E-state index in [-0.39, 0.29) is 5.69 Å². The Bertz CT molecular complexity index is 1300. The average molecular weight is 523 g/mol. The second-order valence-electron chi connectivity index (χ2n) is 8.24. The number of urea groups is 1. The summed E-state index contributed by atoms with van der Waals surface area (Å²) in [6.45, 7) is 1.16. The number of halogens is 3. The van der Waals surface area contributed by atoms with Gasteiger partial charge >= 0.3 is 6.03 Å². The van der Waals surface area contributed by atoms with Crippen molar-refractivity contribution >= 4 is 34.9 Å². The molecular formula is C29H25Cl2FN2O2. The van der Waals surface area contributed by atoms with E-state index in [4.69, 9.17) is 27.9 Å². The number of hydrogen-bond donors (Lipinski definition) is 1. The van der Waals surface area contributed by atoms with Gasteiger partial charge in [0.05, 0.1) is 5.69 Å². The molecule has 7 heteroatoms. The molecule has 0 aliphatic heterocycles. The van der Waals surface area contributed by atoms with Gasteiger partial charge < -0.3 is 15.0 Å². The van der Waals surface area contributed by atoms with Crippen molar-refractivity contribution in [2.45, 2.75) is 19.6 Å². The molecule has 0 radical (unpaired) electrons. The Morgan fingerprint density at radius 1 is 0.861 bits per heavy atom. The summed E-state index contributed by atoms with van der Waals surface area (Å²) >= 11 is 12.3. The quantitative estimate of drug-likeness (QED) is 0.242. The first kappa shape index (κ1) is 25.5. The van der Waals surface area contributed by atoms with Crippen LogP contribution in [0.4, 0.5) is 14.9 Å². The summed E-state index contributed by atoms with van der Waals surface area (Å²) in [5.74, 6) is 0.240. The van der Waals surface area contributed by atoms with Gasteiger partial charge in [-0.1, -0.05) is 83.9 Å². The number of carbonyl (C=O) groups is 1. The minimum absolute atomic E-state index is 0.127. The van der Waals surface area contributed by atoms with Crippen molar-refractivity contribution in [1.82, 2.24) is 4.90 Å². The molecule has 4 nitrogen and oxygen atoms in total. The molecule has 0 fully saturated rings. The van der Waals surface area contributed by atoms with Crippen LogP contribution in [0.5, 0.6) is 5.75 Å². The molecule has 0 aromatic heterocycles. The number of carbonyl (C=O) groups excluding carboxylic acids is 1. The highest BCUT2D eigenvalue weighted by Gasteiger charge is 2.17. The maximum atomic E-state index is 14.1. The molecule has 0 saturated carbocycles. The van der Waals surface area contributed by atoms with E-state index in [1.807, 2.05) is 60.7 Å². The van der Waals surface area contributed by atoms with Crippen LogP contribution in [-0.4, -0.2) is 17.5 Å². The lowest BCUT2D eigenvalue weighted by Gasteiger charge is -2.24. The van der Waals surface area contributed by atoms with Crippen molar-refractivity contribution in [1.29, 1.82) is 0 Å². The number of nitrogens with zero attached hydrogens (tertiary/aromatic N) is 1. The smallest absolute Gasteiger partial charge is 0.322 e. The lowest BCUT2D eigenvalue weighted by molar-refractivity contribution is 0.209. The second-order valence-corrected chi connectivity index (χ2v) is 9.08. The Hall–Kier alpha value is -3.54. The molecule has 0 aliphatic rings. The Kier molecular flexibility index (Phi) is 8.82. The first-order valence-electron chi connectivity index (χ1n) is 11.5. The molecule has 0 heterocycles. The molecule has 4 rings (SSSR count). The van der Waals surface area contributed by atoms with Gasteiger partial charge in [0.25, 0.3) is 0 Å². The highest BCUT2D eigenvalue weighted by molar-refractivity contribution is 6.35. The number of ether oxygens (including phenoxy) is 1. The molecule has 184 valence electrons. The minimum Gasteiger partial charge on any atom is -0.489 e. The van der Waals surface area contributed by atoms with E-state index in [0.29, 0.717) is 36.2 Å². The number of benzene rings is 4. The standard InChI is InChI=1S/C29H25Cl2FN2O2/c30-24-13-12-23(26(31)18-24)16-17-34(29(35)33-28-9-5-4-8-27(28)32)19-21-10-14-25(15-11-21)36-20-22-6-2-1-3-7-22/h1-15,18H,16-17,19-20H2,(H,33,35). The summed E-state index contributed by atoms with van der Waals surface area (Å²) in [6, 6.07) is 28.5. The van der Waals surface area contributed by atoms with Gasteiger partial charge in [-0.2, -0.15) is 0 Å². The van der Waals surface area contributed by atoms with Gasteiger partial charge in [-0.25, -0.2) is 9.18 Å². The van der Waals surface area contributed by atoms with Crippen molar-refractivity contribution in [3.05, 3.63) is 130 Å². The van der Waals surface area contributed by atoms with Crippen LogP contribution in [0.1, 0.15) is 16.7 Å². The fourth-order valence-corrected chi connectivity index (χ4v) is 4.14. The third-order valence-electron chi connectivity index (χ3n) is 5.61. The molecule has 1 N–H and O–H groups in total. The maximum absolute atomic E-state index is 14.1. The van der Waals surface area contributed by atoms with E-state index < -0.39 is 11.8 Å². The van der Waals surface area contributed by atoms with Crippen LogP contribution in [0.25, 0.3) is 0 Å². The van der Waals surface area contributed by atoms with Crippen LogP contribution in [-0.2, 0) is 19.6 Å². The lowest BCUT2D eigenvalue weighted by Crippen LogP contribution is -2.36. The second kappa shape index (κ2) is 12.4. The number of hydrogen-bond acceptors (Lipinski definition) is 2. The summed E-state index contributed by atoms with van der Waals surface area (Å²) in [5.41, 5.74) is 2.99. The molecule has 4 aromatic rings. The monoisotopic (exact) mass is 522 g/mol. The molecule has 0 unspecified atom stereocenters. The van der Waals surface area contributed by atoms with Gasteiger partial charge in [0, 0.05) is 23.1 Å². The molecule has 2 amide bonds. The topological polar surface area (TPSA) is 41.6 Å². The summed E-state index contributed by atoms with van der Waals surface area (Å²) in [4.78, 5) is 14.7. The van der Waals surface area contributed by atoms with Gasteiger partial charge in [-0.05, 0) is 59.5 Å². The summed E-state index contributed by atoms with van der Waals surface area (Å²) in [7, 11) is 0. The maximum Gasteiger partial charge on any atom is 0.322 e. The van der Waals surface area contributed by atoms with Crippen LogP contribution < -0.4 is 10.1 Å². The zero-order chi connectivity index (χ0) is 25.3. The van der Waals surface area contributed by atoms with Crippen LogP contribution in [0.2, 0.25) is 10.0 Å². The number of para-hydroxylation sites is 1. The van der Waals surface area contributed by atoms with Crippen LogP contribution >= 0.6 is 23.2 Å². The Morgan fingerprint density at radius 3 is 2.31 bits per heavy atom. The average Bonchev–Trinajstić information content (AvgIpc) is 2.89. The van der Waals surface area contributed by atoms with Gasteiger partial charge in [0.1, 0.15) is 18.2 Å². The van der Waals surface area contributed by atoms with E-state index in [0.717, 1.165) is 22.4 Å². The molecule has 0 saturated heterocycles. The molecule has 0 aliphatic carbocycles. The van der Waals surface area contributed by atoms with Crippen molar-refractivity contribution in [3.63, 3.8) is 0 Å². The lowest BCUT2D eigenvalue weighted by atomic mass is 10.1. The molecule has 0 spiro atoms. The molecule has 0 bridgehead atoms.